The van der Waals surface area contributed by atoms with Crippen molar-refractivity contribution in [1.29, 1.82) is 0 Å². The van der Waals surface area contributed by atoms with E-state index >= 15 is 0 Å². The first-order valence-corrected chi connectivity index (χ1v) is 9.29. The molecule has 6 nitrogen and oxygen atoms in total. The van der Waals surface area contributed by atoms with Crippen LogP contribution in [-0.4, -0.2) is 37.0 Å². The number of carbonyl (C=O) groups excluding carboxylic acids is 3. The van der Waals surface area contributed by atoms with E-state index in [1.165, 1.54) is 0 Å². The molecule has 0 bridgehead atoms. The average Bonchev–Trinajstić information content (AvgIpc) is 2.71. The first-order chi connectivity index (χ1) is 13.5. The van der Waals surface area contributed by atoms with Gasteiger partial charge in [0.2, 0.25) is 0 Å². The topological polar surface area (TPSA) is 84.5 Å². The summed E-state index contributed by atoms with van der Waals surface area (Å²) in [6, 6.07) is 17.1. The molecule has 2 amide bonds. The van der Waals surface area contributed by atoms with Crippen LogP contribution in [0.3, 0.4) is 0 Å². The summed E-state index contributed by atoms with van der Waals surface area (Å²) in [6.07, 6.45) is 0.270. The Morgan fingerprint density at radius 3 is 2.14 bits per heavy atom. The van der Waals surface area contributed by atoms with Crippen LogP contribution in [0, 0.1) is 5.92 Å². The molecule has 0 unspecified atom stereocenters. The smallest absolute Gasteiger partial charge is 0.329 e. The van der Waals surface area contributed by atoms with Crippen LogP contribution >= 0.6 is 0 Å². The van der Waals surface area contributed by atoms with Crippen LogP contribution in [0.25, 0.3) is 0 Å². The summed E-state index contributed by atoms with van der Waals surface area (Å²) in [5, 5.41) is 5.40. The summed E-state index contributed by atoms with van der Waals surface area (Å²) in [7, 11) is 0. The normalized spacial score (nSPS) is 11.5. The van der Waals surface area contributed by atoms with E-state index in [-0.39, 0.29) is 24.8 Å². The number of ether oxygens (including phenoxy) is 1. The third-order valence-corrected chi connectivity index (χ3v) is 3.96. The minimum absolute atomic E-state index is 0.270. The largest absolute Gasteiger partial charge is 0.454 e. The highest BCUT2D eigenvalue weighted by molar-refractivity contribution is 5.97. The summed E-state index contributed by atoms with van der Waals surface area (Å²) in [5.74, 6) is -1.08. The summed E-state index contributed by atoms with van der Waals surface area (Å²) >= 11 is 0. The van der Waals surface area contributed by atoms with Gasteiger partial charge in [0, 0.05) is 18.5 Å². The average molecular weight is 382 g/mol. The Hall–Kier alpha value is -3.15. The monoisotopic (exact) mass is 382 g/mol. The van der Waals surface area contributed by atoms with E-state index < -0.39 is 12.0 Å². The van der Waals surface area contributed by atoms with Crippen molar-refractivity contribution in [2.75, 3.05) is 13.2 Å². The molecule has 0 spiro atoms. The van der Waals surface area contributed by atoms with Crippen molar-refractivity contribution in [2.45, 2.75) is 26.3 Å². The van der Waals surface area contributed by atoms with E-state index in [1.807, 2.05) is 50.2 Å². The van der Waals surface area contributed by atoms with Crippen molar-refractivity contribution < 1.29 is 19.1 Å². The van der Waals surface area contributed by atoms with Crippen molar-refractivity contribution in [1.82, 2.24) is 10.6 Å². The molecule has 2 N–H and O–H groups in total. The fraction of sp³-hybridized carbons (Fsp3) is 0.318. The van der Waals surface area contributed by atoms with Crippen molar-refractivity contribution >= 4 is 17.8 Å². The maximum atomic E-state index is 12.5. The van der Waals surface area contributed by atoms with Gasteiger partial charge in [-0.15, -0.1) is 0 Å². The lowest BCUT2D eigenvalue weighted by Crippen LogP contribution is -2.44. The maximum Gasteiger partial charge on any atom is 0.329 e. The lowest BCUT2D eigenvalue weighted by atomic mass is 10.1. The molecule has 0 radical (unpaired) electrons. The second-order valence-corrected chi connectivity index (χ2v) is 6.89. The standard InChI is InChI=1S/C22H26N2O4/c1-16(2)14-23-20(25)15-28-22(27)19(13-17-9-5-3-6-10-17)24-21(26)18-11-7-4-8-12-18/h3-12,16,19H,13-15H2,1-2H3,(H,23,25)(H,24,26)/t19-/m1/s1. The van der Waals surface area contributed by atoms with Gasteiger partial charge in [-0.25, -0.2) is 4.79 Å². The van der Waals surface area contributed by atoms with E-state index in [1.54, 1.807) is 24.3 Å². The van der Waals surface area contributed by atoms with Gasteiger partial charge >= 0.3 is 5.97 Å². The second kappa shape index (κ2) is 10.9. The van der Waals surface area contributed by atoms with Crippen LogP contribution in [0.4, 0.5) is 0 Å². The number of carbonyl (C=O) groups is 3. The van der Waals surface area contributed by atoms with Crippen LogP contribution in [0.2, 0.25) is 0 Å². The molecule has 6 heteroatoms. The minimum Gasteiger partial charge on any atom is -0.454 e. The van der Waals surface area contributed by atoms with E-state index in [4.69, 9.17) is 4.74 Å². The number of esters is 1. The van der Waals surface area contributed by atoms with Gasteiger partial charge in [0.25, 0.3) is 11.8 Å². The number of amides is 2. The molecule has 0 fully saturated rings. The Morgan fingerprint density at radius 1 is 0.929 bits per heavy atom. The van der Waals surface area contributed by atoms with Gasteiger partial charge in [-0.1, -0.05) is 62.4 Å². The lowest BCUT2D eigenvalue weighted by Gasteiger charge is -2.18. The van der Waals surface area contributed by atoms with Crippen LogP contribution in [0.15, 0.2) is 60.7 Å². The number of hydrogen-bond acceptors (Lipinski definition) is 4. The summed E-state index contributed by atoms with van der Waals surface area (Å²) < 4.78 is 5.14. The SMILES string of the molecule is CC(C)CNC(=O)COC(=O)[C@@H](Cc1ccccc1)NC(=O)c1ccccc1. The highest BCUT2D eigenvalue weighted by Crippen LogP contribution is 2.07. The maximum absolute atomic E-state index is 12.5. The number of hydrogen-bond donors (Lipinski definition) is 2. The molecule has 2 rings (SSSR count). The van der Waals surface area contributed by atoms with Crippen molar-refractivity contribution in [3.63, 3.8) is 0 Å². The van der Waals surface area contributed by atoms with Gasteiger partial charge in [0.1, 0.15) is 6.04 Å². The molecule has 0 aromatic heterocycles. The molecule has 0 aliphatic heterocycles. The minimum atomic E-state index is -0.895. The highest BCUT2D eigenvalue weighted by atomic mass is 16.5. The molecular formula is C22H26N2O4. The lowest BCUT2D eigenvalue weighted by molar-refractivity contribution is -0.150. The fourth-order valence-electron chi connectivity index (χ4n) is 2.48. The van der Waals surface area contributed by atoms with Gasteiger partial charge < -0.3 is 15.4 Å². The molecular weight excluding hydrogens is 356 g/mol. The summed E-state index contributed by atoms with van der Waals surface area (Å²) in [5.41, 5.74) is 1.32. The van der Waals surface area contributed by atoms with Crippen molar-refractivity contribution in [3.05, 3.63) is 71.8 Å². The molecule has 0 saturated carbocycles. The first kappa shape index (κ1) is 21.2. The predicted molar refractivity (Wildman–Crippen MR) is 107 cm³/mol. The zero-order chi connectivity index (χ0) is 20.4. The molecule has 28 heavy (non-hydrogen) atoms. The molecule has 0 aliphatic rings. The van der Waals surface area contributed by atoms with E-state index in [2.05, 4.69) is 10.6 Å². The van der Waals surface area contributed by atoms with Crippen LogP contribution in [0.5, 0.6) is 0 Å². The van der Waals surface area contributed by atoms with Crippen LogP contribution in [-0.2, 0) is 20.7 Å². The molecule has 2 aromatic carbocycles. The number of nitrogens with one attached hydrogen (secondary N) is 2. The Bertz CT molecular complexity index is 776. The Kier molecular flexibility index (Phi) is 8.21. The van der Waals surface area contributed by atoms with Crippen molar-refractivity contribution in [2.24, 2.45) is 5.92 Å². The Labute approximate surface area is 165 Å². The zero-order valence-electron chi connectivity index (χ0n) is 16.2. The molecule has 2 aromatic rings. The summed E-state index contributed by atoms with van der Waals surface area (Å²) in [6.45, 7) is 4.08. The zero-order valence-corrected chi connectivity index (χ0v) is 16.2. The molecule has 1 atom stereocenters. The predicted octanol–water partition coefficient (Wildman–Crippen LogP) is 2.34. The van der Waals surface area contributed by atoms with Crippen LogP contribution < -0.4 is 10.6 Å². The third-order valence-electron chi connectivity index (χ3n) is 3.96. The van der Waals surface area contributed by atoms with Gasteiger partial charge in [0.05, 0.1) is 0 Å². The molecule has 148 valence electrons. The Morgan fingerprint density at radius 2 is 1.54 bits per heavy atom. The second-order valence-electron chi connectivity index (χ2n) is 6.89. The Balaban J connectivity index is 2.01. The first-order valence-electron chi connectivity index (χ1n) is 9.29. The molecule has 0 saturated heterocycles. The van der Waals surface area contributed by atoms with Crippen molar-refractivity contribution in [3.8, 4) is 0 Å². The third kappa shape index (κ3) is 7.23. The van der Waals surface area contributed by atoms with E-state index in [0.717, 1.165) is 5.56 Å². The van der Waals surface area contributed by atoms with Crippen LogP contribution in [0.1, 0.15) is 29.8 Å². The fourth-order valence-corrected chi connectivity index (χ4v) is 2.48. The van der Waals surface area contributed by atoms with Gasteiger partial charge in [-0.2, -0.15) is 0 Å². The van der Waals surface area contributed by atoms with Gasteiger partial charge in [-0.3, -0.25) is 9.59 Å². The number of rotatable bonds is 9. The molecule has 0 heterocycles. The van der Waals surface area contributed by atoms with Gasteiger partial charge in [0.15, 0.2) is 6.61 Å². The highest BCUT2D eigenvalue weighted by Gasteiger charge is 2.24. The summed E-state index contributed by atoms with van der Waals surface area (Å²) in [4.78, 5) is 36.8. The van der Waals surface area contributed by atoms with E-state index in [0.29, 0.717) is 18.0 Å². The van der Waals surface area contributed by atoms with E-state index in [9.17, 15) is 14.4 Å². The molecule has 0 aliphatic carbocycles. The van der Waals surface area contributed by atoms with Gasteiger partial charge in [-0.05, 0) is 23.6 Å². The quantitative estimate of drug-likeness (QED) is 0.652. The number of benzene rings is 2.